The number of carbonyl (C=O) groups excluding carboxylic acids is 2. The molecule has 2 aliphatic carbocycles. The van der Waals surface area contributed by atoms with E-state index in [0.29, 0.717) is 12.8 Å². The van der Waals surface area contributed by atoms with Crippen LogP contribution in [0.2, 0.25) is 0 Å². The van der Waals surface area contributed by atoms with Gasteiger partial charge in [-0.1, -0.05) is 0 Å². The molecule has 1 N–H and O–H groups in total. The largest absolute Gasteiger partial charge is 0.340 e. The van der Waals surface area contributed by atoms with Gasteiger partial charge in [-0.2, -0.15) is 8.42 Å². The number of amides is 1. The van der Waals surface area contributed by atoms with E-state index in [2.05, 4.69) is 4.72 Å². The number of hydrogen-bond acceptors (Lipinski definition) is 4. The monoisotopic (exact) mass is 310 g/mol. The van der Waals surface area contributed by atoms with E-state index in [1.807, 2.05) is 0 Å². The minimum Gasteiger partial charge on any atom is -0.340 e. The molecule has 1 aromatic rings. The van der Waals surface area contributed by atoms with Crippen molar-refractivity contribution in [1.29, 1.82) is 0 Å². The third-order valence-electron chi connectivity index (χ3n) is 4.58. The first kappa shape index (κ1) is 14.3. The van der Waals surface area contributed by atoms with Gasteiger partial charge in [-0.15, -0.1) is 0 Å². The van der Waals surface area contributed by atoms with E-state index < -0.39 is 15.9 Å². The number of sulfonamides is 1. The molecule has 1 aromatic heterocycles. The van der Waals surface area contributed by atoms with E-state index >= 15 is 0 Å². The number of nitrogens with one attached hydrogen (secondary N) is 1. The second kappa shape index (κ2) is 4.98. The molecule has 0 saturated heterocycles. The lowest BCUT2D eigenvalue weighted by molar-refractivity contribution is -0.131. The Morgan fingerprint density at radius 1 is 1.29 bits per heavy atom. The number of ketones is 1. The van der Waals surface area contributed by atoms with Crippen molar-refractivity contribution in [1.82, 2.24) is 9.29 Å². The van der Waals surface area contributed by atoms with E-state index in [1.165, 1.54) is 10.6 Å². The van der Waals surface area contributed by atoms with Crippen molar-refractivity contribution in [3.63, 3.8) is 0 Å². The maximum absolute atomic E-state index is 12.2. The molecule has 6 nitrogen and oxygen atoms in total. The van der Waals surface area contributed by atoms with E-state index in [0.717, 1.165) is 12.8 Å². The highest BCUT2D eigenvalue weighted by molar-refractivity contribution is 7.90. The Morgan fingerprint density at radius 3 is 2.43 bits per heavy atom. The average Bonchev–Trinajstić information content (AvgIpc) is 2.90. The molecule has 0 aliphatic heterocycles. The zero-order valence-electron chi connectivity index (χ0n) is 11.8. The van der Waals surface area contributed by atoms with E-state index in [-0.39, 0.29) is 28.6 Å². The van der Waals surface area contributed by atoms with E-state index in [9.17, 15) is 18.0 Å². The molecule has 114 valence electrons. The van der Waals surface area contributed by atoms with Gasteiger partial charge in [0.25, 0.3) is 10.0 Å². The van der Waals surface area contributed by atoms with E-state index in [4.69, 9.17) is 0 Å². The minimum absolute atomic E-state index is 0.0581. The quantitative estimate of drug-likeness (QED) is 0.896. The number of aryl methyl sites for hydroxylation is 1. The van der Waals surface area contributed by atoms with Gasteiger partial charge < -0.3 is 4.57 Å². The Kier molecular flexibility index (Phi) is 3.39. The fourth-order valence-corrected chi connectivity index (χ4v) is 4.71. The fourth-order valence-electron chi connectivity index (χ4n) is 3.48. The maximum atomic E-state index is 12.2. The average molecular weight is 310 g/mol. The van der Waals surface area contributed by atoms with Crippen LogP contribution >= 0.6 is 0 Å². The number of aromatic nitrogens is 1. The summed E-state index contributed by atoms with van der Waals surface area (Å²) in [4.78, 5) is 24.1. The predicted octanol–water partition coefficient (Wildman–Crippen LogP) is 0.835. The summed E-state index contributed by atoms with van der Waals surface area (Å²) in [6.45, 7) is 0. The lowest BCUT2D eigenvalue weighted by atomic mass is 9.80. The Hall–Kier alpha value is -1.63. The third-order valence-corrected chi connectivity index (χ3v) is 6.03. The molecule has 2 bridgehead atoms. The van der Waals surface area contributed by atoms with Gasteiger partial charge in [0.1, 0.15) is 5.78 Å². The highest BCUT2D eigenvalue weighted by Gasteiger charge is 2.44. The summed E-state index contributed by atoms with van der Waals surface area (Å²) in [5.74, 6) is -0.727. The number of carbonyl (C=O) groups is 2. The molecule has 2 aliphatic rings. The van der Waals surface area contributed by atoms with Crippen LogP contribution in [-0.2, 0) is 26.7 Å². The van der Waals surface area contributed by atoms with Crippen LogP contribution in [0.25, 0.3) is 0 Å². The zero-order chi connectivity index (χ0) is 15.2. The maximum Gasteiger partial charge on any atom is 0.279 e. The molecule has 21 heavy (non-hydrogen) atoms. The normalized spacial score (nSPS) is 28.6. The van der Waals surface area contributed by atoms with Crippen molar-refractivity contribution in [2.45, 2.75) is 30.7 Å². The molecule has 3 rings (SSSR count). The van der Waals surface area contributed by atoms with Crippen molar-refractivity contribution >= 4 is 21.7 Å². The Labute approximate surface area is 123 Å². The van der Waals surface area contributed by atoms with Crippen LogP contribution in [0.1, 0.15) is 25.7 Å². The SMILES string of the molecule is Cn1cccc1S(=O)(=O)NC(=O)C1C[C@H]2CC[C@@H](C1)C2=O. The van der Waals surface area contributed by atoms with Crippen LogP contribution < -0.4 is 4.72 Å². The lowest BCUT2D eigenvalue weighted by Gasteiger charge is -2.25. The van der Waals surface area contributed by atoms with Gasteiger partial charge in [0.15, 0.2) is 5.03 Å². The van der Waals surface area contributed by atoms with Gasteiger partial charge in [0.05, 0.1) is 0 Å². The highest BCUT2D eigenvalue weighted by atomic mass is 32.2. The predicted molar refractivity (Wildman–Crippen MR) is 74.7 cm³/mol. The number of hydrogen-bond donors (Lipinski definition) is 1. The standard InChI is InChI=1S/C14H18N2O4S/c1-16-6-2-3-12(16)21(19,20)15-14(18)11-7-9-4-5-10(8-11)13(9)17/h2-3,6,9-11H,4-5,7-8H2,1H3,(H,15,18)/t9-,10+,11?. The van der Waals surface area contributed by atoms with E-state index in [1.54, 1.807) is 19.3 Å². The highest BCUT2D eigenvalue weighted by Crippen LogP contribution is 2.42. The molecule has 0 spiro atoms. The third kappa shape index (κ3) is 2.50. The summed E-state index contributed by atoms with van der Waals surface area (Å²) < 4.78 is 28.0. The summed E-state index contributed by atoms with van der Waals surface area (Å²) in [5, 5.41) is 0.0608. The summed E-state index contributed by atoms with van der Waals surface area (Å²) >= 11 is 0. The van der Waals surface area contributed by atoms with Crippen LogP contribution in [0, 0.1) is 17.8 Å². The van der Waals surface area contributed by atoms with Gasteiger partial charge in [-0.25, -0.2) is 4.72 Å². The van der Waals surface area contributed by atoms with Gasteiger partial charge >= 0.3 is 0 Å². The molecule has 2 fully saturated rings. The smallest absolute Gasteiger partial charge is 0.279 e. The number of Topliss-reactive ketones (excluding diaryl/α,β-unsaturated/α-hetero) is 1. The van der Waals surface area contributed by atoms with Gasteiger partial charge in [-0.05, 0) is 37.8 Å². The first-order valence-electron chi connectivity index (χ1n) is 7.10. The second-order valence-corrected chi connectivity index (χ2v) is 7.60. The Morgan fingerprint density at radius 2 is 1.90 bits per heavy atom. The second-order valence-electron chi connectivity index (χ2n) is 5.97. The Balaban J connectivity index is 1.73. The lowest BCUT2D eigenvalue weighted by Crippen LogP contribution is -2.40. The molecular formula is C14H18N2O4S. The van der Waals surface area contributed by atoms with Crippen molar-refractivity contribution < 1.29 is 18.0 Å². The Bertz CT molecular complexity index is 676. The molecule has 1 unspecified atom stereocenters. The van der Waals surface area contributed by atoms with Crippen molar-refractivity contribution in [2.24, 2.45) is 24.8 Å². The number of nitrogens with zero attached hydrogens (tertiary/aromatic N) is 1. The van der Waals surface area contributed by atoms with Gasteiger partial charge in [0.2, 0.25) is 5.91 Å². The topological polar surface area (TPSA) is 85.2 Å². The molecule has 0 radical (unpaired) electrons. The van der Waals surface area contributed by atoms with Crippen molar-refractivity contribution in [2.75, 3.05) is 0 Å². The van der Waals surface area contributed by atoms with Crippen LogP contribution in [0.5, 0.6) is 0 Å². The van der Waals surface area contributed by atoms with Gasteiger partial charge in [-0.3, -0.25) is 9.59 Å². The molecule has 3 atom stereocenters. The zero-order valence-corrected chi connectivity index (χ0v) is 12.6. The van der Waals surface area contributed by atoms with Crippen molar-refractivity contribution in [3.05, 3.63) is 18.3 Å². The first-order chi connectivity index (χ1) is 9.88. The molecule has 1 amide bonds. The van der Waals surface area contributed by atoms with Crippen LogP contribution in [0.3, 0.4) is 0 Å². The van der Waals surface area contributed by atoms with Crippen molar-refractivity contribution in [3.8, 4) is 0 Å². The molecule has 2 saturated carbocycles. The number of fused-ring (bicyclic) bond motifs is 2. The molecular weight excluding hydrogens is 292 g/mol. The first-order valence-corrected chi connectivity index (χ1v) is 8.58. The summed E-state index contributed by atoms with van der Waals surface area (Å²) in [6, 6.07) is 3.06. The summed E-state index contributed by atoms with van der Waals surface area (Å²) in [5.41, 5.74) is 0. The number of rotatable bonds is 3. The van der Waals surface area contributed by atoms with Gasteiger partial charge in [0, 0.05) is 31.0 Å². The van der Waals surface area contributed by atoms with Crippen LogP contribution in [0.15, 0.2) is 23.4 Å². The van der Waals surface area contributed by atoms with Crippen LogP contribution in [0.4, 0.5) is 0 Å². The fraction of sp³-hybridized carbons (Fsp3) is 0.571. The summed E-state index contributed by atoms with van der Waals surface area (Å²) in [6.07, 6.45) is 4.22. The molecule has 1 heterocycles. The minimum atomic E-state index is -3.85. The molecule has 7 heteroatoms. The molecule has 0 aromatic carbocycles. The van der Waals surface area contributed by atoms with Crippen LogP contribution in [-0.4, -0.2) is 24.7 Å². The summed E-state index contributed by atoms with van der Waals surface area (Å²) in [7, 11) is -2.24.